The van der Waals surface area contributed by atoms with Crippen molar-refractivity contribution in [1.82, 2.24) is 15.8 Å². The number of benzene rings is 1. The van der Waals surface area contributed by atoms with E-state index in [9.17, 15) is 24.0 Å². The van der Waals surface area contributed by atoms with E-state index in [-0.39, 0.29) is 46.1 Å². The minimum atomic E-state index is -1.12. The van der Waals surface area contributed by atoms with Crippen LogP contribution in [0.3, 0.4) is 0 Å². The fourth-order valence-corrected chi connectivity index (χ4v) is 5.27. The molecule has 4 amide bonds. The molecule has 0 unspecified atom stereocenters. The van der Waals surface area contributed by atoms with Gasteiger partial charge in [0.25, 0.3) is 11.8 Å². The summed E-state index contributed by atoms with van der Waals surface area (Å²) in [5, 5.41) is 0.215. The van der Waals surface area contributed by atoms with Crippen molar-refractivity contribution in [2.45, 2.75) is 32.2 Å². The Labute approximate surface area is 183 Å². The Morgan fingerprint density at radius 2 is 1.71 bits per heavy atom. The van der Waals surface area contributed by atoms with E-state index in [1.54, 1.807) is 12.1 Å². The maximum atomic E-state index is 12.8. The maximum absolute atomic E-state index is 12.8. The van der Waals surface area contributed by atoms with Crippen molar-refractivity contribution in [3.8, 4) is 0 Å². The van der Waals surface area contributed by atoms with Crippen molar-refractivity contribution in [1.29, 1.82) is 0 Å². The molecule has 1 aromatic carbocycles. The Hall–Kier alpha value is -2.94. The SMILES string of the molecule is C[C@H](C(=O)OCC(=O)NNC(=O)c1ccccc1Cl)N1C(=O)[C@@H]2[C@H]3CC[C@@H](C3)[C@H]2C1=O. The maximum Gasteiger partial charge on any atom is 0.329 e. The average molecular weight is 448 g/mol. The Morgan fingerprint density at radius 3 is 2.32 bits per heavy atom. The summed E-state index contributed by atoms with van der Waals surface area (Å²) in [5.74, 6) is -3.13. The number of esters is 1. The van der Waals surface area contributed by atoms with E-state index in [2.05, 4.69) is 10.9 Å². The van der Waals surface area contributed by atoms with Crippen LogP contribution in [0.25, 0.3) is 0 Å². The Morgan fingerprint density at radius 1 is 1.10 bits per heavy atom. The molecule has 10 heteroatoms. The number of imide groups is 1. The van der Waals surface area contributed by atoms with E-state index in [1.807, 2.05) is 0 Å². The lowest BCUT2D eigenvalue weighted by atomic mass is 9.81. The number of fused-ring (bicyclic) bond motifs is 5. The highest BCUT2D eigenvalue weighted by atomic mass is 35.5. The lowest BCUT2D eigenvalue weighted by Gasteiger charge is -2.23. The summed E-state index contributed by atoms with van der Waals surface area (Å²) in [6, 6.07) is 5.17. The molecule has 5 atom stereocenters. The van der Waals surface area contributed by atoms with Gasteiger partial charge in [-0.2, -0.15) is 0 Å². The van der Waals surface area contributed by atoms with Gasteiger partial charge in [0.2, 0.25) is 11.8 Å². The molecule has 0 radical (unpaired) electrons. The average Bonchev–Trinajstić information content (AvgIpc) is 3.43. The van der Waals surface area contributed by atoms with Crippen LogP contribution in [0.5, 0.6) is 0 Å². The van der Waals surface area contributed by atoms with Gasteiger partial charge >= 0.3 is 5.97 Å². The number of carbonyl (C=O) groups is 5. The highest BCUT2D eigenvalue weighted by Crippen LogP contribution is 2.56. The standard InChI is InChI=1S/C21H22ClN3O6/c1-10(25-19(28)16-11-6-7-12(8-11)17(16)20(25)29)21(30)31-9-15(26)23-24-18(27)13-4-2-3-5-14(13)22/h2-5,10-12,16-17H,6-9H2,1H3,(H,23,26)(H,24,27)/t10-,11+,12+,16-,17-/m1/s1. The lowest BCUT2D eigenvalue weighted by molar-refractivity contribution is -0.160. The zero-order valence-corrected chi connectivity index (χ0v) is 17.6. The molecule has 1 heterocycles. The highest BCUT2D eigenvalue weighted by Gasteiger charge is 2.62. The molecule has 4 rings (SSSR count). The molecule has 1 saturated heterocycles. The minimum absolute atomic E-state index is 0.167. The number of carbonyl (C=O) groups excluding carboxylic acids is 5. The summed E-state index contributed by atoms with van der Waals surface area (Å²) in [6.45, 7) is 0.735. The van der Waals surface area contributed by atoms with Gasteiger partial charge in [-0.15, -0.1) is 0 Å². The van der Waals surface area contributed by atoms with Crippen molar-refractivity contribution in [3.63, 3.8) is 0 Å². The second kappa shape index (κ2) is 8.30. The molecular formula is C21H22ClN3O6. The number of hydrogen-bond donors (Lipinski definition) is 2. The van der Waals surface area contributed by atoms with E-state index in [1.165, 1.54) is 19.1 Å². The fraction of sp³-hybridized carbons (Fsp3) is 0.476. The molecule has 1 aromatic rings. The van der Waals surface area contributed by atoms with Crippen LogP contribution >= 0.6 is 11.6 Å². The largest absolute Gasteiger partial charge is 0.454 e. The number of nitrogens with one attached hydrogen (secondary N) is 2. The van der Waals surface area contributed by atoms with Crippen LogP contribution in [-0.4, -0.2) is 47.1 Å². The van der Waals surface area contributed by atoms with Crippen LogP contribution < -0.4 is 10.9 Å². The molecule has 1 aliphatic heterocycles. The minimum Gasteiger partial charge on any atom is -0.454 e. The molecule has 0 aromatic heterocycles. The third kappa shape index (κ3) is 3.78. The zero-order valence-electron chi connectivity index (χ0n) is 16.8. The van der Waals surface area contributed by atoms with Gasteiger partial charge in [-0.3, -0.25) is 34.9 Å². The van der Waals surface area contributed by atoms with Crippen molar-refractivity contribution in [2.75, 3.05) is 6.61 Å². The van der Waals surface area contributed by atoms with Gasteiger partial charge in [0.1, 0.15) is 6.04 Å². The second-order valence-electron chi connectivity index (χ2n) is 8.20. The number of nitrogens with zero attached hydrogens (tertiary/aromatic N) is 1. The molecule has 3 fully saturated rings. The molecule has 2 aliphatic carbocycles. The van der Waals surface area contributed by atoms with Crippen LogP contribution in [-0.2, 0) is 23.9 Å². The van der Waals surface area contributed by atoms with Crippen molar-refractivity contribution in [3.05, 3.63) is 34.9 Å². The van der Waals surface area contributed by atoms with Crippen molar-refractivity contribution < 1.29 is 28.7 Å². The summed E-state index contributed by atoms with van der Waals surface area (Å²) < 4.78 is 4.95. The third-order valence-corrected chi connectivity index (χ3v) is 6.80. The Kier molecular flexibility index (Phi) is 5.70. The Bertz CT molecular complexity index is 938. The molecule has 0 spiro atoms. The molecule has 2 N–H and O–H groups in total. The smallest absolute Gasteiger partial charge is 0.329 e. The topological polar surface area (TPSA) is 122 Å². The predicted octanol–water partition coefficient (Wildman–Crippen LogP) is 1.06. The van der Waals surface area contributed by atoms with E-state index < -0.39 is 30.4 Å². The quantitative estimate of drug-likeness (QED) is 0.395. The normalized spacial score (nSPS) is 27.1. The number of hydrogen-bond acceptors (Lipinski definition) is 6. The van der Waals surface area contributed by atoms with Gasteiger partial charge in [-0.1, -0.05) is 23.7 Å². The first-order valence-corrected chi connectivity index (χ1v) is 10.5. The number of rotatable bonds is 5. The molecule has 9 nitrogen and oxygen atoms in total. The fourth-order valence-electron chi connectivity index (χ4n) is 5.05. The van der Waals surface area contributed by atoms with Gasteiger partial charge in [0.15, 0.2) is 6.61 Å². The molecule has 164 valence electrons. The second-order valence-corrected chi connectivity index (χ2v) is 8.60. The van der Waals surface area contributed by atoms with E-state index in [0.29, 0.717) is 0 Å². The third-order valence-electron chi connectivity index (χ3n) is 6.47. The van der Waals surface area contributed by atoms with Gasteiger partial charge in [-0.05, 0) is 50.2 Å². The molecule has 2 saturated carbocycles. The van der Waals surface area contributed by atoms with Crippen LogP contribution in [0.2, 0.25) is 5.02 Å². The van der Waals surface area contributed by atoms with Crippen LogP contribution in [0, 0.1) is 23.7 Å². The number of ether oxygens (including phenoxy) is 1. The van der Waals surface area contributed by atoms with Crippen molar-refractivity contribution >= 4 is 41.2 Å². The molecular weight excluding hydrogens is 426 g/mol. The molecule has 2 bridgehead atoms. The number of amides is 4. The first-order chi connectivity index (χ1) is 14.8. The van der Waals surface area contributed by atoms with E-state index in [0.717, 1.165) is 24.2 Å². The van der Waals surface area contributed by atoms with Crippen molar-refractivity contribution in [2.24, 2.45) is 23.7 Å². The lowest BCUT2D eigenvalue weighted by Crippen LogP contribution is -2.47. The number of halogens is 1. The first kappa shape index (κ1) is 21.3. The van der Waals surface area contributed by atoms with E-state index >= 15 is 0 Å². The van der Waals surface area contributed by atoms with Gasteiger partial charge in [-0.25, -0.2) is 4.79 Å². The summed E-state index contributed by atoms with van der Waals surface area (Å²) >= 11 is 5.91. The Balaban J connectivity index is 1.27. The summed E-state index contributed by atoms with van der Waals surface area (Å²) in [4.78, 5) is 62.8. The van der Waals surface area contributed by atoms with Crippen LogP contribution in [0.15, 0.2) is 24.3 Å². The van der Waals surface area contributed by atoms with E-state index in [4.69, 9.17) is 16.3 Å². The first-order valence-electron chi connectivity index (χ1n) is 10.2. The predicted molar refractivity (Wildman–Crippen MR) is 107 cm³/mol. The zero-order chi connectivity index (χ0) is 22.3. The van der Waals surface area contributed by atoms with Gasteiger partial charge in [0, 0.05) is 0 Å². The highest BCUT2D eigenvalue weighted by molar-refractivity contribution is 6.33. The van der Waals surface area contributed by atoms with Gasteiger partial charge < -0.3 is 4.74 Å². The van der Waals surface area contributed by atoms with Crippen LogP contribution in [0.4, 0.5) is 0 Å². The van der Waals surface area contributed by atoms with Crippen LogP contribution in [0.1, 0.15) is 36.5 Å². The monoisotopic (exact) mass is 447 g/mol. The molecule has 31 heavy (non-hydrogen) atoms. The summed E-state index contributed by atoms with van der Waals surface area (Å²) in [7, 11) is 0. The number of likely N-dealkylation sites (tertiary alicyclic amines) is 1. The summed E-state index contributed by atoms with van der Waals surface area (Å²) in [6.07, 6.45) is 2.79. The van der Waals surface area contributed by atoms with Gasteiger partial charge in [0.05, 0.1) is 22.4 Å². The molecule has 3 aliphatic rings. The number of hydrazine groups is 1. The summed E-state index contributed by atoms with van der Waals surface area (Å²) in [5.41, 5.74) is 4.46.